The number of nitrogens with one attached hydrogen (secondary N) is 2. The smallest absolute Gasteiger partial charge is 0.321 e. The SMILES string of the molecule is C[C@H](NN[C@H](CCC(=O)O)C(N)=O)C(=O)O. The van der Waals surface area contributed by atoms with Crippen LogP contribution in [0.15, 0.2) is 0 Å². The highest BCUT2D eigenvalue weighted by Crippen LogP contribution is 1.96. The Morgan fingerprint density at radius 1 is 1.25 bits per heavy atom. The molecule has 6 N–H and O–H groups in total. The first kappa shape index (κ1) is 14.3. The summed E-state index contributed by atoms with van der Waals surface area (Å²) in [6.07, 6.45) is -0.242. The van der Waals surface area contributed by atoms with Crippen molar-refractivity contribution in [2.75, 3.05) is 0 Å². The van der Waals surface area contributed by atoms with Gasteiger partial charge in [-0.15, -0.1) is 0 Å². The van der Waals surface area contributed by atoms with E-state index in [9.17, 15) is 14.4 Å². The van der Waals surface area contributed by atoms with E-state index in [0.717, 1.165) is 0 Å². The molecule has 0 saturated heterocycles. The first-order valence-electron chi connectivity index (χ1n) is 4.59. The number of nitrogens with two attached hydrogens (primary N) is 1. The maximum absolute atomic E-state index is 10.9. The van der Waals surface area contributed by atoms with Gasteiger partial charge in [0.05, 0.1) is 0 Å². The van der Waals surface area contributed by atoms with Gasteiger partial charge in [0.2, 0.25) is 5.91 Å². The summed E-state index contributed by atoms with van der Waals surface area (Å²) < 4.78 is 0. The van der Waals surface area contributed by atoms with Crippen molar-refractivity contribution in [3.05, 3.63) is 0 Å². The summed E-state index contributed by atoms with van der Waals surface area (Å²) in [5.74, 6) is -2.90. The molecule has 8 nitrogen and oxygen atoms in total. The van der Waals surface area contributed by atoms with Gasteiger partial charge in [-0.05, 0) is 13.3 Å². The molecule has 0 radical (unpaired) electrons. The fourth-order valence-electron chi connectivity index (χ4n) is 0.841. The number of hydrazine groups is 1. The predicted molar refractivity (Wildman–Crippen MR) is 53.2 cm³/mol. The molecular weight excluding hydrogens is 218 g/mol. The molecule has 8 heteroatoms. The molecule has 1 amide bonds. The Balaban J connectivity index is 4.09. The van der Waals surface area contributed by atoms with E-state index in [1.165, 1.54) is 6.92 Å². The molecule has 92 valence electrons. The van der Waals surface area contributed by atoms with Gasteiger partial charge in [-0.2, -0.15) is 0 Å². The average molecular weight is 233 g/mol. The lowest BCUT2D eigenvalue weighted by Gasteiger charge is -2.17. The van der Waals surface area contributed by atoms with E-state index < -0.39 is 29.9 Å². The molecule has 0 aromatic heterocycles. The zero-order valence-electron chi connectivity index (χ0n) is 8.77. The van der Waals surface area contributed by atoms with Gasteiger partial charge < -0.3 is 15.9 Å². The maximum atomic E-state index is 10.9. The van der Waals surface area contributed by atoms with Crippen LogP contribution in [0.4, 0.5) is 0 Å². The van der Waals surface area contributed by atoms with Crippen molar-refractivity contribution in [1.82, 2.24) is 10.9 Å². The van der Waals surface area contributed by atoms with Crippen LogP contribution in [-0.2, 0) is 14.4 Å². The van der Waals surface area contributed by atoms with Crippen LogP contribution >= 0.6 is 0 Å². The van der Waals surface area contributed by atoms with E-state index in [0.29, 0.717) is 0 Å². The van der Waals surface area contributed by atoms with Crippen molar-refractivity contribution in [1.29, 1.82) is 0 Å². The molecule has 0 aliphatic heterocycles. The highest BCUT2D eigenvalue weighted by atomic mass is 16.4. The van der Waals surface area contributed by atoms with Crippen molar-refractivity contribution in [2.45, 2.75) is 31.8 Å². The Bertz CT molecular complexity index is 281. The van der Waals surface area contributed by atoms with E-state index in [1.54, 1.807) is 0 Å². The van der Waals surface area contributed by atoms with E-state index in [4.69, 9.17) is 15.9 Å². The summed E-state index contributed by atoms with van der Waals surface area (Å²) in [7, 11) is 0. The van der Waals surface area contributed by atoms with Crippen molar-refractivity contribution in [3.8, 4) is 0 Å². The number of hydrogen-bond acceptors (Lipinski definition) is 5. The Hall–Kier alpha value is -1.67. The van der Waals surface area contributed by atoms with Gasteiger partial charge in [0, 0.05) is 6.42 Å². The lowest BCUT2D eigenvalue weighted by Crippen LogP contribution is -2.53. The van der Waals surface area contributed by atoms with Crippen LogP contribution in [0.3, 0.4) is 0 Å². The number of carboxylic acids is 2. The molecule has 0 saturated carbocycles. The number of rotatable bonds is 8. The molecule has 0 heterocycles. The number of amides is 1. The third-order valence-electron chi connectivity index (χ3n) is 1.83. The maximum Gasteiger partial charge on any atom is 0.321 e. The molecule has 0 aromatic rings. The molecule has 0 aliphatic rings. The fourth-order valence-corrected chi connectivity index (χ4v) is 0.841. The van der Waals surface area contributed by atoms with Crippen LogP contribution in [0.25, 0.3) is 0 Å². The third-order valence-corrected chi connectivity index (χ3v) is 1.83. The molecule has 0 bridgehead atoms. The summed E-state index contributed by atoms with van der Waals surface area (Å²) >= 11 is 0. The second-order valence-electron chi connectivity index (χ2n) is 3.24. The van der Waals surface area contributed by atoms with Gasteiger partial charge in [0.25, 0.3) is 0 Å². The Morgan fingerprint density at radius 3 is 2.19 bits per heavy atom. The van der Waals surface area contributed by atoms with Crippen LogP contribution < -0.4 is 16.6 Å². The van der Waals surface area contributed by atoms with E-state index >= 15 is 0 Å². The van der Waals surface area contributed by atoms with Crippen molar-refractivity contribution in [3.63, 3.8) is 0 Å². The quantitative estimate of drug-likeness (QED) is 0.313. The molecular formula is C8H15N3O5. The second-order valence-corrected chi connectivity index (χ2v) is 3.24. The van der Waals surface area contributed by atoms with Crippen LogP contribution in [0.2, 0.25) is 0 Å². The summed E-state index contributed by atoms with van der Waals surface area (Å²) in [6, 6.07) is -1.83. The number of aliphatic carboxylic acids is 2. The molecule has 0 rings (SSSR count). The average Bonchev–Trinajstić information content (AvgIpc) is 2.15. The zero-order valence-corrected chi connectivity index (χ0v) is 8.77. The third kappa shape index (κ3) is 5.94. The number of hydrogen-bond donors (Lipinski definition) is 5. The molecule has 0 spiro atoms. The van der Waals surface area contributed by atoms with E-state index in [1.807, 2.05) is 0 Å². The Morgan fingerprint density at radius 2 is 1.81 bits per heavy atom. The summed E-state index contributed by atoms with van der Waals surface area (Å²) in [5.41, 5.74) is 9.73. The standard InChI is InChI=1S/C8H15N3O5/c1-4(8(15)16)10-11-5(7(9)14)2-3-6(12)13/h4-5,10-11H,2-3H2,1H3,(H2,9,14)(H,12,13)(H,15,16)/t4-,5+/m0/s1. The van der Waals surface area contributed by atoms with Crippen LogP contribution in [0, 0.1) is 0 Å². The summed E-state index contributed by atoms with van der Waals surface area (Å²) in [5, 5.41) is 17.0. The monoisotopic (exact) mass is 233 g/mol. The predicted octanol–water partition coefficient (Wildman–Crippen LogP) is -1.73. The number of primary amides is 1. The van der Waals surface area contributed by atoms with Gasteiger partial charge in [-0.25, -0.2) is 10.9 Å². The molecule has 0 fully saturated rings. The number of carbonyl (C=O) groups excluding carboxylic acids is 1. The van der Waals surface area contributed by atoms with E-state index in [2.05, 4.69) is 10.9 Å². The van der Waals surface area contributed by atoms with Crippen LogP contribution in [0.1, 0.15) is 19.8 Å². The zero-order chi connectivity index (χ0) is 12.7. The Labute approximate surface area is 91.8 Å². The minimum atomic E-state index is -1.10. The van der Waals surface area contributed by atoms with Gasteiger partial charge in [-0.1, -0.05) is 0 Å². The molecule has 16 heavy (non-hydrogen) atoms. The van der Waals surface area contributed by atoms with Gasteiger partial charge >= 0.3 is 11.9 Å². The first-order chi connectivity index (χ1) is 7.34. The summed E-state index contributed by atoms with van der Waals surface area (Å²) in [4.78, 5) is 31.6. The number of carboxylic acid groups (broad SMARTS) is 2. The van der Waals surface area contributed by atoms with E-state index in [-0.39, 0.29) is 12.8 Å². The van der Waals surface area contributed by atoms with Crippen molar-refractivity contribution in [2.24, 2.45) is 5.73 Å². The van der Waals surface area contributed by atoms with Gasteiger partial charge in [0.15, 0.2) is 0 Å². The number of carbonyl (C=O) groups is 3. The lowest BCUT2D eigenvalue weighted by atomic mass is 10.1. The van der Waals surface area contributed by atoms with Gasteiger partial charge in [0.1, 0.15) is 12.1 Å². The minimum absolute atomic E-state index is 0.00991. The summed E-state index contributed by atoms with van der Waals surface area (Å²) in [6.45, 7) is 1.37. The second kappa shape index (κ2) is 6.75. The van der Waals surface area contributed by atoms with Crippen molar-refractivity contribution >= 4 is 17.8 Å². The highest BCUT2D eigenvalue weighted by Gasteiger charge is 2.18. The van der Waals surface area contributed by atoms with Crippen molar-refractivity contribution < 1.29 is 24.6 Å². The normalized spacial score (nSPS) is 14.1. The van der Waals surface area contributed by atoms with Crippen LogP contribution in [0.5, 0.6) is 0 Å². The first-order valence-corrected chi connectivity index (χ1v) is 4.59. The van der Waals surface area contributed by atoms with Gasteiger partial charge in [-0.3, -0.25) is 14.4 Å². The highest BCUT2D eigenvalue weighted by molar-refractivity contribution is 5.80. The molecule has 0 aromatic carbocycles. The fraction of sp³-hybridized carbons (Fsp3) is 0.625. The lowest BCUT2D eigenvalue weighted by molar-refractivity contribution is -0.140. The topological polar surface area (TPSA) is 142 Å². The minimum Gasteiger partial charge on any atom is -0.481 e. The molecule has 0 unspecified atom stereocenters. The van der Waals surface area contributed by atoms with Crippen LogP contribution in [-0.4, -0.2) is 40.1 Å². The molecule has 0 aliphatic carbocycles. The molecule has 2 atom stereocenters. The largest absolute Gasteiger partial charge is 0.481 e. The Kier molecular flexibility index (Phi) is 6.04.